The number of nitrogens with one attached hydrogen (secondary N) is 3. The molecule has 1 aromatic heterocycles. The number of nitrogens with zero attached hydrogens (tertiary/aromatic N) is 2. The Morgan fingerprint density at radius 3 is 2.78 bits per heavy atom. The lowest BCUT2D eigenvalue weighted by Gasteiger charge is -2.24. The minimum atomic E-state index is -1.52. The van der Waals surface area contributed by atoms with Crippen LogP contribution >= 0.6 is 0 Å². The first-order valence-electron chi connectivity index (χ1n) is 5.04. The quantitative estimate of drug-likeness (QED) is 0.499. The molecule has 0 aliphatic carbocycles. The fourth-order valence-corrected chi connectivity index (χ4v) is 1.84. The summed E-state index contributed by atoms with van der Waals surface area (Å²) in [6.07, 6.45) is 1.75. The molecular formula is C9H11N5O4. The van der Waals surface area contributed by atoms with E-state index in [4.69, 9.17) is 5.11 Å². The Hall–Kier alpha value is -2.58. The average molecular weight is 253 g/mol. The smallest absolute Gasteiger partial charge is 0.404 e. The summed E-state index contributed by atoms with van der Waals surface area (Å²) >= 11 is 0. The molecule has 2 rings (SSSR count). The van der Waals surface area contributed by atoms with Gasteiger partial charge in [0.25, 0.3) is 5.91 Å². The van der Waals surface area contributed by atoms with E-state index >= 15 is 0 Å². The van der Waals surface area contributed by atoms with Crippen LogP contribution in [0.15, 0.2) is 12.4 Å². The van der Waals surface area contributed by atoms with Crippen molar-refractivity contribution in [3.63, 3.8) is 0 Å². The van der Waals surface area contributed by atoms with Gasteiger partial charge in [-0.3, -0.25) is 10.1 Å². The van der Waals surface area contributed by atoms with E-state index in [1.807, 2.05) is 0 Å². The Kier molecular flexibility index (Phi) is 2.66. The second-order valence-electron chi connectivity index (χ2n) is 3.83. The molecule has 96 valence electrons. The monoisotopic (exact) mass is 253 g/mol. The van der Waals surface area contributed by atoms with Gasteiger partial charge in [-0.1, -0.05) is 0 Å². The SMILES string of the molecule is Cn1ccnc1C1(CNC(=O)O)NC(=O)NC1=O. The molecule has 1 fully saturated rings. The first-order chi connectivity index (χ1) is 8.45. The maximum absolute atomic E-state index is 11.9. The lowest BCUT2D eigenvalue weighted by molar-refractivity contribution is -0.124. The highest BCUT2D eigenvalue weighted by Gasteiger charge is 2.50. The summed E-state index contributed by atoms with van der Waals surface area (Å²) < 4.78 is 1.54. The van der Waals surface area contributed by atoms with E-state index in [2.05, 4.69) is 20.9 Å². The second-order valence-corrected chi connectivity index (χ2v) is 3.83. The summed E-state index contributed by atoms with van der Waals surface area (Å²) in [5.41, 5.74) is -1.52. The zero-order valence-electron chi connectivity index (χ0n) is 9.43. The maximum Gasteiger partial charge on any atom is 0.404 e. The lowest BCUT2D eigenvalue weighted by atomic mass is 9.99. The number of carbonyl (C=O) groups is 3. The third-order valence-corrected chi connectivity index (χ3v) is 2.65. The van der Waals surface area contributed by atoms with Crippen LogP contribution in [0.2, 0.25) is 0 Å². The van der Waals surface area contributed by atoms with Crippen LogP contribution in [0.1, 0.15) is 5.82 Å². The van der Waals surface area contributed by atoms with Crippen LogP contribution in [0.3, 0.4) is 0 Å². The van der Waals surface area contributed by atoms with Gasteiger partial charge in [-0.25, -0.2) is 14.6 Å². The van der Waals surface area contributed by atoms with E-state index in [0.717, 1.165) is 0 Å². The number of hydrogen-bond acceptors (Lipinski definition) is 4. The Labute approximate surface area is 101 Å². The van der Waals surface area contributed by atoms with Crippen LogP contribution in [-0.4, -0.2) is 39.2 Å². The Balaban J connectivity index is 2.40. The molecule has 1 aliphatic heterocycles. The third kappa shape index (κ3) is 1.75. The van der Waals surface area contributed by atoms with Crippen molar-refractivity contribution in [2.75, 3.05) is 6.54 Å². The van der Waals surface area contributed by atoms with Gasteiger partial charge in [0, 0.05) is 19.4 Å². The van der Waals surface area contributed by atoms with Gasteiger partial charge in [0.15, 0.2) is 5.54 Å². The van der Waals surface area contributed by atoms with Crippen molar-refractivity contribution in [1.29, 1.82) is 0 Å². The normalized spacial score (nSPS) is 22.5. The number of aryl methyl sites for hydroxylation is 1. The van der Waals surface area contributed by atoms with Crippen LogP contribution < -0.4 is 16.0 Å². The number of amides is 4. The molecule has 0 saturated carbocycles. The molecule has 18 heavy (non-hydrogen) atoms. The van der Waals surface area contributed by atoms with Gasteiger partial charge in [0.05, 0.1) is 6.54 Å². The number of hydrogen-bond donors (Lipinski definition) is 4. The number of imide groups is 1. The average Bonchev–Trinajstić information content (AvgIpc) is 2.81. The maximum atomic E-state index is 11.9. The molecule has 0 aromatic carbocycles. The molecule has 1 atom stereocenters. The van der Waals surface area contributed by atoms with E-state index in [1.165, 1.54) is 10.8 Å². The highest BCUT2D eigenvalue weighted by atomic mass is 16.4. The number of urea groups is 1. The molecule has 0 radical (unpaired) electrons. The minimum Gasteiger partial charge on any atom is -0.465 e. The zero-order chi connectivity index (χ0) is 13.3. The number of aromatic nitrogens is 2. The number of carbonyl (C=O) groups excluding carboxylic acids is 2. The molecule has 1 unspecified atom stereocenters. The molecule has 4 N–H and O–H groups in total. The largest absolute Gasteiger partial charge is 0.465 e. The summed E-state index contributed by atoms with van der Waals surface area (Å²) in [6.45, 7) is -0.301. The molecular weight excluding hydrogens is 242 g/mol. The van der Waals surface area contributed by atoms with Crippen LogP contribution in [-0.2, 0) is 17.4 Å². The molecule has 1 saturated heterocycles. The van der Waals surface area contributed by atoms with Crippen molar-refractivity contribution in [3.05, 3.63) is 18.2 Å². The highest BCUT2D eigenvalue weighted by Crippen LogP contribution is 2.22. The van der Waals surface area contributed by atoms with Crippen LogP contribution in [0.4, 0.5) is 9.59 Å². The van der Waals surface area contributed by atoms with Crippen molar-refractivity contribution in [2.45, 2.75) is 5.54 Å². The fraction of sp³-hybridized carbons (Fsp3) is 0.333. The van der Waals surface area contributed by atoms with Crippen LogP contribution in [0.25, 0.3) is 0 Å². The van der Waals surface area contributed by atoms with E-state index in [1.54, 1.807) is 13.2 Å². The molecule has 2 heterocycles. The Morgan fingerprint density at radius 2 is 2.33 bits per heavy atom. The van der Waals surface area contributed by atoms with Gasteiger partial charge in [-0.15, -0.1) is 0 Å². The van der Waals surface area contributed by atoms with Gasteiger partial charge >= 0.3 is 12.1 Å². The molecule has 1 aromatic rings. The summed E-state index contributed by atoms with van der Waals surface area (Å²) in [5, 5.41) is 15.2. The third-order valence-electron chi connectivity index (χ3n) is 2.65. The second kappa shape index (κ2) is 4.02. The van der Waals surface area contributed by atoms with Crippen molar-refractivity contribution >= 4 is 18.0 Å². The predicted molar refractivity (Wildman–Crippen MR) is 57.6 cm³/mol. The number of imidazole rings is 1. The van der Waals surface area contributed by atoms with E-state index in [9.17, 15) is 14.4 Å². The predicted octanol–water partition coefficient (Wildman–Crippen LogP) is -1.28. The fourth-order valence-electron chi connectivity index (χ4n) is 1.84. The molecule has 9 heteroatoms. The lowest BCUT2D eigenvalue weighted by Crippen LogP contribution is -2.53. The standard InChI is InChI=1S/C9H11N5O4/c1-14-3-2-10-5(14)9(4-11-8(17)18)6(15)12-7(16)13-9/h2-3,11H,4H2,1H3,(H,17,18)(H2,12,13,15,16). The van der Waals surface area contributed by atoms with Gasteiger partial charge in [-0.05, 0) is 0 Å². The minimum absolute atomic E-state index is 0.250. The summed E-state index contributed by atoms with van der Waals surface area (Å²) in [6, 6.07) is -0.685. The van der Waals surface area contributed by atoms with E-state index < -0.39 is 23.6 Å². The van der Waals surface area contributed by atoms with Gasteiger partial charge in [0.2, 0.25) is 0 Å². The topological polar surface area (TPSA) is 125 Å². The van der Waals surface area contributed by atoms with E-state index in [-0.39, 0.29) is 12.4 Å². The highest BCUT2D eigenvalue weighted by molar-refractivity contribution is 6.07. The number of carboxylic acid groups (broad SMARTS) is 1. The van der Waals surface area contributed by atoms with Gasteiger partial charge in [-0.2, -0.15) is 0 Å². The Morgan fingerprint density at radius 1 is 1.61 bits per heavy atom. The first-order valence-corrected chi connectivity index (χ1v) is 5.04. The van der Waals surface area contributed by atoms with Crippen molar-refractivity contribution in [3.8, 4) is 0 Å². The van der Waals surface area contributed by atoms with Crippen LogP contribution in [0.5, 0.6) is 0 Å². The number of rotatable bonds is 3. The zero-order valence-corrected chi connectivity index (χ0v) is 9.43. The summed E-state index contributed by atoms with van der Waals surface area (Å²) in [7, 11) is 1.64. The van der Waals surface area contributed by atoms with Crippen molar-refractivity contribution in [1.82, 2.24) is 25.5 Å². The summed E-state index contributed by atoms with van der Waals surface area (Å²) in [4.78, 5) is 37.7. The molecule has 0 bridgehead atoms. The molecule has 9 nitrogen and oxygen atoms in total. The van der Waals surface area contributed by atoms with Crippen LogP contribution in [0, 0.1) is 0 Å². The molecule has 0 spiro atoms. The summed E-state index contributed by atoms with van der Waals surface area (Å²) in [5.74, 6) is -0.393. The molecule has 1 aliphatic rings. The Bertz CT molecular complexity index is 525. The van der Waals surface area contributed by atoms with Gasteiger partial charge < -0.3 is 20.3 Å². The molecule has 4 amide bonds. The van der Waals surface area contributed by atoms with Crippen molar-refractivity contribution in [2.24, 2.45) is 7.05 Å². The van der Waals surface area contributed by atoms with Gasteiger partial charge in [0.1, 0.15) is 5.82 Å². The van der Waals surface area contributed by atoms with E-state index in [0.29, 0.717) is 0 Å². The first kappa shape index (κ1) is 11.9. The van der Waals surface area contributed by atoms with Crippen molar-refractivity contribution < 1.29 is 19.5 Å².